The summed E-state index contributed by atoms with van der Waals surface area (Å²) in [4.78, 5) is 0. The molecule has 1 aromatic rings. The number of rotatable bonds is 6. The summed E-state index contributed by atoms with van der Waals surface area (Å²) in [5, 5.41) is 3.37. The van der Waals surface area contributed by atoms with Crippen LogP contribution in [0.3, 0.4) is 0 Å². The zero-order chi connectivity index (χ0) is 11.1. The van der Waals surface area contributed by atoms with Crippen LogP contribution in [0.15, 0.2) is 24.3 Å². The van der Waals surface area contributed by atoms with Crippen LogP contribution in [0.5, 0.6) is 5.75 Å². The van der Waals surface area contributed by atoms with E-state index in [2.05, 4.69) is 32.2 Å². The number of para-hydroxylation sites is 1. The third-order valence-electron chi connectivity index (χ3n) is 2.22. The molecule has 0 spiro atoms. The van der Waals surface area contributed by atoms with Crippen molar-refractivity contribution in [2.45, 2.75) is 33.2 Å². The lowest BCUT2D eigenvalue weighted by Crippen LogP contribution is -2.24. The van der Waals surface area contributed by atoms with E-state index in [4.69, 9.17) is 4.74 Å². The molecule has 2 heteroatoms. The highest BCUT2D eigenvalue weighted by Crippen LogP contribution is 2.15. The Bertz CT molecular complexity index is 284. The zero-order valence-corrected chi connectivity index (χ0v) is 9.92. The van der Waals surface area contributed by atoms with Crippen molar-refractivity contribution in [3.8, 4) is 5.75 Å². The molecule has 0 radical (unpaired) electrons. The molecule has 0 unspecified atom stereocenters. The van der Waals surface area contributed by atoms with Crippen LogP contribution < -0.4 is 10.1 Å². The van der Waals surface area contributed by atoms with E-state index in [-0.39, 0.29) is 0 Å². The lowest BCUT2D eigenvalue weighted by molar-refractivity contribution is 0.304. The molecule has 0 heterocycles. The molecule has 0 aliphatic heterocycles. The Morgan fingerprint density at radius 3 is 2.67 bits per heavy atom. The Balaban J connectivity index is 2.18. The summed E-state index contributed by atoms with van der Waals surface area (Å²) < 4.78 is 5.68. The predicted octanol–water partition coefficient (Wildman–Crippen LogP) is 2.76. The summed E-state index contributed by atoms with van der Waals surface area (Å²) in [6.07, 6.45) is 1.05. The van der Waals surface area contributed by atoms with Gasteiger partial charge < -0.3 is 10.1 Å². The van der Waals surface area contributed by atoms with E-state index in [0.29, 0.717) is 6.04 Å². The Morgan fingerprint density at radius 2 is 2.00 bits per heavy atom. The molecule has 84 valence electrons. The van der Waals surface area contributed by atoms with Gasteiger partial charge in [-0.3, -0.25) is 0 Å². The maximum atomic E-state index is 5.68. The van der Waals surface area contributed by atoms with E-state index < -0.39 is 0 Å². The van der Waals surface area contributed by atoms with Crippen LogP contribution in [0.2, 0.25) is 0 Å². The van der Waals surface area contributed by atoms with Crippen LogP contribution in [0, 0.1) is 6.92 Å². The summed E-state index contributed by atoms with van der Waals surface area (Å²) in [6.45, 7) is 8.18. The first-order valence-corrected chi connectivity index (χ1v) is 5.62. The molecule has 0 fully saturated rings. The smallest absolute Gasteiger partial charge is 0.122 e. The molecule has 1 aromatic carbocycles. The molecule has 1 rings (SSSR count). The van der Waals surface area contributed by atoms with Crippen molar-refractivity contribution < 1.29 is 4.74 Å². The molecule has 0 aromatic heterocycles. The Hall–Kier alpha value is -1.02. The van der Waals surface area contributed by atoms with Gasteiger partial charge in [-0.2, -0.15) is 0 Å². The first kappa shape index (κ1) is 12.1. The first-order valence-electron chi connectivity index (χ1n) is 5.62. The third-order valence-corrected chi connectivity index (χ3v) is 2.22. The van der Waals surface area contributed by atoms with Gasteiger partial charge in [-0.05, 0) is 31.5 Å². The van der Waals surface area contributed by atoms with E-state index in [0.717, 1.165) is 25.3 Å². The summed E-state index contributed by atoms with van der Waals surface area (Å²) in [6, 6.07) is 8.69. The standard InChI is InChI=1S/C13H21NO/c1-11(2)14-9-6-10-15-13-8-5-4-7-12(13)3/h4-5,7-8,11,14H,6,9-10H2,1-3H3. The van der Waals surface area contributed by atoms with Gasteiger partial charge in [0.15, 0.2) is 0 Å². The molecule has 0 amide bonds. The van der Waals surface area contributed by atoms with E-state index in [1.54, 1.807) is 0 Å². The van der Waals surface area contributed by atoms with Crippen LogP contribution in [-0.2, 0) is 0 Å². The normalized spacial score (nSPS) is 10.7. The summed E-state index contributed by atoms with van der Waals surface area (Å²) >= 11 is 0. The number of nitrogens with one attached hydrogen (secondary N) is 1. The minimum absolute atomic E-state index is 0.559. The van der Waals surface area contributed by atoms with Gasteiger partial charge in [0.1, 0.15) is 5.75 Å². The fraction of sp³-hybridized carbons (Fsp3) is 0.538. The maximum Gasteiger partial charge on any atom is 0.122 e. The molecular weight excluding hydrogens is 186 g/mol. The van der Waals surface area contributed by atoms with Crippen LogP contribution in [-0.4, -0.2) is 19.2 Å². The number of aryl methyl sites for hydroxylation is 1. The monoisotopic (exact) mass is 207 g/mol. The van der Waals surface area contributed by atoms with E-state index >= 15 is 0 Å². The minimum Gasteiger partial charge on any atom is -0.493 e. The minimum atomic E-state index is 0.559. The van der Waals surface area contributed by atoms with Gasteiger partial charge in [0.2, 0.25) is 0 Å². The molecular formula is C13H21NO. The van der Waals surface area contributed by atoms with Crippen molar-refractivity contribution in [2.75, 3.05) is 13.2 Å². The molecule has 0 aliphatic rings. The average molecular weight is 207 g/mol. The second-order valence-corrected chi connectivity index (χ2v) is 4.08. The van der Waals surface area contributed by atoms with Gasteiger partial charge in [0.25, 0.3) is 0 Å². The quantitative estimate of drug-likeness (QED) is 0.724. The maximum absolute atomic E-state index is 5.68. The second kappa shape index (κ2) is 6.46. The summed E-state index contributed by atoms with van der Waals surface area (Å²) in [7, 11) is 0. The van der Waals surface area contributed by atoms with Gasteiger partial charge in [0, 0.05) is 6.04 Å². The highest BCUT2D eigenvalue weighted by Gasteiger charge is 1.97. The van der Waals surface area contributed by atoms with Crippen LogP contribution >= 0.6 is 0 Å². The van der Waals surface area contributed by atoms with E-state index in [9.17, 15) is 0 Å². The Kier molecular flexibility index (Phi) is 5.19. The lowest BCUT2D eigenvalue weighted by Gasteiger charge is -2.10. The summed E-state index contributed by atoms with van der Waals surface area (Å²) in [5.41, 5.74) is 1.20. The van der Waals surface area contributed by atoms with Crippen molar-refractivity contribution in [3.63, 3.8) is 0 Å². The molecule has 2 nitrogen and oxygen atoms in total. The van der Waals surface area contributed by atoms with E-state index in [1.807, 2.05) is 18.2 Å². The number of hydrogen-bond acceptors (Lipinski definition) is 2. The highest BCUT2D eigenvalue weighted by molar-refractivity contribution is 5.31. The van der Waals surface area contributed by atoms with Crippen LogP contribution in [0.25, 0.3) is 0 Å². The molecule has 0 aliphatic carbocycles. The summed E-state index contributed by atoms with van der Waals surface area (Å²) in [5.74, 6) is 1.00. The Morgan fingerprint density at radius 1 is 1.27 bits per heavy atom. The lowest BCUT2D eigenvalue weighted by atomic mass is 10.2. The third kappa shape index (κ3) is 4.84. The SMILES string of the molecule is Cc1ccccc1OCCCNC(C)C. The van der Waals surface area contributed by atoms with Gasteiger partial charge in [-0.15, -0.1) is 0 Å². The van der Waals surface area contributed by atoms with Crippen LogP contribution in [0.1, 0.15) is 25.8 Å². The van der Waals surface area contributed by atoms with Crippen molar-refractivity contribution in [1.29, 1.82) is 0 Å². The zero-order valence-electron chi connectivity index (χ0n) is 9.92. The average Bonchev–Trinajstić information content (AvgIpc) is 2.20. The second-order valence-electron chi connectivity index (χ2n) is 4.08. The highest BCUT2D eigenvalue weighted by atomic mass is 16.5. The van der Waals surface area contributed by atoms with Crippen molar-refractivity contribution in [2.24, 2.45) is 0 Å². The van der Waals surface area contributed by atoms with Gasteiger partial charge in [-0.1, -0.05) is 32.0 Å². The fourth-order valence-electron chi connectivity index (χ4n) is 1.36. The molecule has 0 saturated carbocycles. The predicted molar refractivity (Wildman–Crippen MR) is 64.4 cm³/mol. The van der Waals surface area contributed by atoms with Crippen molar-refractivity contribution in [1.82, 2.24) is 5.32 Å². The number of hydrogen-bond donors (Lipinski definition) is 1. The largest absolute Gasteiger partial charge is 0.493 e. The fourth-order valence-corrected chi connectivity index (χ4v) is 1.36. The Labute approximate surface area is 92.6 Å². The van der Waals surface area contributed by atoms with Crippen LogP contribution in [0.4, 0.5) is 0 Å². The van der Waals surface area contributed by atoms with E-state index in [1.165, 1.54) is 5.56 Å². The number of ether oxygens (including phenoxy) is 1. The molecule has 0 bridgehead atoms. The molecule has 0 atom stereocenters. The number of benzene rings is 1. The van der Waals surface area contributed by atoms with Crippen molar-refractivity contribution >= 4 is 0 Å². The molecule has 0 saturated heterocycles. The topological polar surface area (TPSA) is 21.3 Å². The molecule has 15 heavy (non-hydrogen) atoms. The van der Waals surface area contributed by atoms with Crippen molar-refractivity contribution in [3.05, 3.63) is 29.8 Å². The first-order chi connectivity index (χ1) is 7.20. The molecule has 1 N–H and O–H groups in total. The van der Waals surface area contributed by atoms with Gasteiger partial charge in [-0.25, -0.2) is 0 Å². The van der Waals surface area contributed by atoms with Gasteiger partial charge >= 0.3 is 0 Å². The van der Waals surface area contributed by atoms with Gasteiger partial charge in [0.05, 0.1) is 6.61 Å².